The maximum atomic E-state index is 12.4. The van der Waals surface area contributed by atoms with E-state index in [0.717, 1.165) is 5.56 Å². The standard InChI is InChI=1S/C18H31N5O2/c1-14(2)22-16(19)21-10-7-11-23(17(24)25-18(3,4)5)13-15-8-6-9-20-12-15/h6,8-9,12,14H,7,10-11,13H2,1-5H3,(H3,19,21,22). The van der Waals surface area contributed by atoms with Crippen LogP contribution in [0.3, 0.4) is 0 Å². The van der Waals surface area contributed by atoms with Crippen LogP contribution in [0.2, 0.25) is 0 Å². The van der Waals surface area contributed by atoms with E-state index in [2.05, 4.69) is 15.3 Å². The van der Waals surface area contributed by atoms with E-state index < -0.39 is 5.60 Å². The van der Waals surface area contributed by atoms with Crippen LogP contribution in [0.15, 0.2) is 29.5 Å². The van der Waals surface area contributed by atoms with Crippen LogP contribution in [-0.2, 0) is 11.3 Å². The lowest BCUT2D eigenvalue weighted by Gasteiger charge is -2.27. The molecular weight excluding hydrogens is 318 g/mol. The molecule has 1 aromatic rings. The molecule has 0 atom stereocenters. The van der Waals surface area contributed by atoms with Gasteiger partial charge in [-0.05, 0) is 52.7 Å². The number of nitrogens with zero attached hydrogens (tertiary/aromatic N) is 3. The summed E-state index contributed by atoms with van der Waals surface area (Å²) in [4.78, 5) is 22.5. The number of nitrogens with one attached hydrogen (secondary N) is 1. The predicted octanol–water partition coefficient (Wildman–Crippen LogP) is 2.52. The van der Waals surface area contributed by atoms with Crippen molar-refractivity contribution < 1.29 is 9.53 Å². The van der Waals surface area contributed by atoms with Gasteiger partial charge in [0.05, 0.1) is 6.54 Å². The van der Waals surface area contributed by atoms with Crippen molar-refractivity contribution in [3.63, 3.8) is 0 Å². The average Bonchev–Trinajstić information content (AvgIpc) is 2.48. The normalized spacial score (nSPS) is 12.2. The van der Waals surface area contributed by atoms with Crippen LogP contribution in [0.25, 0.3) is 0 Å². The van der Waals surface area contributed by atoms with Crippen LogP contribution in [0, 0.1) is 0 Å². The predicted molar refractivity (Wildman–Crippen MR) is 100 cm³/mol. The molecule has 1 amide bonds. The average molecular weight is 349 g/mol. The third kappa shape index (κ3) is 9.54. The van der Waals surface area contributed by atoms with Gasteiger partial charge in [-0.3, -0.25) is 9.98 Å². The lowest BCUT2D eigenvalue weighted by Crippen LogP contribution is -2.38. The van der Waals surface area contributed by atoms with Crippen molar-refractivity contribution in [2.75, 3.05) is 13.1 Å². The number of aromatic nitrogens is 1. The summed E-state index contributed by atoms with van der Waals surface area (Å²) in [5.74, 6) is 0.422. The molecule has 0 aliphatic heterocycles. The number of amides is 1. The lowest BCUT2D eigenvalue weighted by molar-refractivity contribution is 0.0232. The summed E-state index contributed by atoms with van der Waals surface area (Å²) in [6.45, 7) is 11.1. The summed E-state index contributed by atoms with van der Waals surface area (Å²) < 4.78 is 5.50. The molecule has 1 heterocycles. The first-order chi connectivity index (χ1) is 11.7. The number of rotatable bonds is 7. The zero-order valence-electron chi connectivity index (χ0n) is 16.0. The van der Waals surface area contributed by atoms with Crippen LogP contribution in [0.5, 0.6) is 0 Å². The second-order valence-corrected chi connectivity index (χ2v) is 7.18. The number of carbonyl (C=O) groups excluding carboxylic acids is 1. The maximum Gasteiger partial charge on any atom is 0.410 e. The van der Waals surface area contributed by atoms with E-state index in [1.165, 1.54) is 0 Å². The van der Waals surface area contributed by atoms with E-state index in [-0.39, 0.29) is 12.1 Å². The van der Waals surface area contributed by atoms with E-state index >= 15 is 0 Å². The highest BCUT2D eigenvalue weighted by molar-refractivity contribution is 5.78. The van der Waals surface area contributed by atoms with Crippen LogP contribution < -0.4 is 11.1 Å². The number of aliphatic imine (C=N–C) groups is 1. The summed E-state index contributed by atoms with van der Waals surface area (Å²) >= 11 is 0. The van der Waals surface area contributed by atoms with Crippen LogP contribution in [-0.4, -0.2) is 46.7 Å². The minimum absolute atomic E-state index is 0.243. The quantitative estimate of drug-likeness (QED) is 0.448. The van der Waals surface area contributed by atoms with Crippen LogP contribution in [0.1, 0.15) is 46.6 Å². The number of ether oxygens (including phenoxy) is 1. The van der Waals surface area contributed by atoms with Gasteiger partial charge in [-0.25, -0.2) is 4.79 Å². The molecule has 0 aromatic carbocycles. The molecule has 3 N–H and O–H groups in total. The molecule has 1 aromatic heterocycles. The SMILES string of the molecule is CC(C)NC(N)=NCCCN(Cc1cccnc1)C(=O)OC(C)(C)C. The Morgan fingerprint density at radius 3 is 2.72 bits per heavy atom. The van der Waals surface area contributed by atoms with Crippen molar-refractivity contribution in [1.29, 1.82) is 0 Å². The van der Waals surface area contributed by atoms with Gasteiger partial charge in [-0.2, -0.15) is 0 Å². The number of pyridine rings is 1. The maximum absolute atomic E-state index is 12.4. The Kier molecular flexibility index (Phi) is 8.18. The van der Waals surface area contributed by atoms with Gasteiger partial charge in [0.15, 0.2) is 5.96 Å². The molecular formula is C18H31N5O2. The fourth-order valence-electron chi connectivity index (χ4n) is 2.08. The summed E-state index contributed by atoms with van der Waals surface area (Å²) in [7, 11) is 0. The number of nitrogens with two attached hydrogens (primary N) is 1. The molecule has 7 heteroatoms. The second-order valence-electron chi connectivity index (χ2n) is 7.18. The molecule has 0 radical (unpaired) electrons. The molecule has 0 spiro atoms. The van der Waals surface area contributed by atoms with Crippen molar-refractivity contribution >= 4 is 12.1 Å². The molecule has 0 aliphatic carbocycles. The molecule has 0 saturated heterocycles. The van der Waals surface area contributed by atoms with E-state index in [1.807, 2.05) is 46.8 Å². The Balaban J connectivity index is 2.63. The first kappa shape index (κ1) is 20.7. The third-order valence-electron chi connectivity index (χ3n) is 3.05. The largest absolute Gasteiger partial charge is 0.444 e. The van der Waals surface area contributed by atoms with Crippen LogP contribution >= 0.6 is 0 Å². The molecule has 0 unspecified atom stereocenters. The highest BCUT2D eigenvalue weighted by atomic mass is 16.6. The number of carbonyl (C=O) groups is 1. The Hall–Kier alpha value is -2.31. The summed E-state index contributed by atoms with van der Waals surface area (Å²) in [5.41, 5.74) is 6.21. The van der Waals surface area contributed by atoms with Gasteiger partial charge in [0.25, 0.3) is 0 Å². The van der Waals surface area contributed by atoms with Crippen LogP contribution in [0.4, 0.5) is 4.79 Å². The molecule has 0 bridgehead atoms. The molecule has 1 rings (SSSR count). The zero-order valence-corrected chi connectivity index (χ0v) is 16.0. The summed E-state index contributed by atoms with van der Waals surface area (Å²) in [6, 6.07) is 4.03. The lowest BCUT2D eigenvalue weighted by atomic mass is 10.2. The number of guanidine groups is 1. The van der Waals surface area contributed by atoms with Gasteiger partial charge < -0.3 is 20.7 Å². The molecule has 140 valence electrons. The monoisotopic (exact) mass is 349 g/mol. The molecule has 0 fully saturated rings. The summed E-state index contributed by atoms with van der Waals surface area (Å²) in [6.07, 6.45) is 3.81. The first-order valence-corrected chi connectivity index (χ1v) is 8.60. The summed E-state index contributed by atoms with van der Waals surface area (Å²) in [5, 5.41) is 3.04. The molecule has 0 aliphatic rings. The van der Waals surface area contributed by atoms with E-state index in [0.29, 0.717) is 32.0 Å². The minimum atomic E-state index is -0.534. The van der Waals surface area contributed by atoms with Gasteiger partial charge in [0, 0.05) is 31.5 Å². The van der Waals surface area contributed by atoms with Gasteiger partial charge in [0.2, 0.25) is 0 Å². The molecule has 0 saturated carbocycles. The van der Waals surface area contributed by atoms with Crippen molar-refractivity contribution in [2.45, 2.75) is 59.2 Å². The van der Waals surface area contributed by atoms with Crippen molar-refractivity contribution in [3.05, 3.63) is 30.1 Å². The van der Waals surface area contributed by atoms with E-state index in [9.17, 15) is 4.79 Å². The smallest absolute Gasteiger partial charge is 0.410 e. The van der Waals surface area contributed by atoms with Crippen molar-refractivity contribution in [2.24, 2.45) is 10.7 Å². The van der Waals surface area contributed by atoms with Gasteiger partial charge >= 0.3 is 6.09 Å². The van der Waals surface area contributed by atoms with Gasteiger partial charge in [-0.1, -0.05) is 6.07 Å². The number of hydrogen-bond donors (Lipinski definition) is 2. The Labute approximate surface area is 150 Å². The molecule has 7 nitrogen and oxygen atoms in total. The van der Waals surface area contributed by atoms with Crippen molar-refractivity contribution in [3.8, 4) is 0 Å². The highest BCUT2D eigenvalue weighted by Gasteiger charge is 2.22. The number of hydrogen-bond acceptors (Lipinski definition) is 4. The Morgan fingerprint density at radius 1 is 1.44 bits per heavy atom. The topological polar surface area (TPSA) is 92.8 Å². The van der Waals surface area contributed by atoms with Crippen molar-refractivity contribution in [1.82, 2.24) is 15.2 Å². The zero-order chi connectivity index (χ0) is 18.9. The minimum Gasteiger partial charge on any atom is -0.444 e. The molecule has 25 heavy (non-hydrogen) atoms. The van der Waals surface area contributed by atoms with E-state index in [1.54, 1.807) is 17.3 Å². The fraction of sp³-hybridized carbons (Fsp3) is 0.611. The van der Waals surface area contributed by atoms with Gasteiger partial charge in [-0.15, -0.1) is 0 Å². The second kappa shape index (κ2) is 9.86. The Morgan fingerprint density at radius 2 is 2.16 bits per heavy atom. The first-order valence-electron chi connectivity index (χ1n) is 8.60. The van der Waals surface area contributed by atoms with Gasteiger partial charge in [0.1, 0.15) is 5.60 Å². The fourth-order valence-corrected chi connectivity index (χ4v) is 2.08. The van der Waals surface area contributed by atoms with E-state index in [4.69, 9.17) is 10.5 Å². The Bertz CT molecular complexity index is 552. The third-order valence-corrected chi connectivity index (χ3v) is 3.05. The highest BCUT2D eigenvalue weighted by Crippen LogP contribution is 2.12.